The maximum Gasteiger partial charge on any atom is 0.306 e. The van der Waals surface area contributed by atoms with E-state index >= 15 is 0 Å². The van der Waals surface area contributed by atoms with E-state index < -0.39 is 15.8 Å². The second-order valence-electron chi connectivity index (χ2n) is 5.89. The van der Waals surface area contributed by atoms with Gasteiger partial charge < -0.3 is 9.30 Å². The molecule has 1 aromatic heterocycles. The Labute approximate surface area is 141 Å². The molecule has 0 amide bonds. The van der Waals surface area contributed by atoms with Gasteiger partial charge in [0, 0.05) is 34.8 Å². The van der Waals surface area contributed by atoms with Crippen molar-refractivity contribution in [2.45, 2.75) is 26.8 Å². The Balaban J connectivity index is 1.91. The van der Waals surface area contributed by atoms with Crippen molar-refractivity contribution in [2.24, 2.45) is 5.92 Å². The molecule has 24 heavy (non-hydrogen) atoms. The number of rotatable bonds is 7. The number of Topliss-reactive ketones (excluding diaryl/α,β-unsaturated/α-hetero) is 1. The molecule has 130 valence electrons. The Morgan fingerprint density at radius 1 is 1.42 bits per heavy atom. The first-order valence-corrected chi connectivity index (χ1v) is 9.32. The molecule has 2 rings (SSSR count). The van der Waals surface area contributed by atoms with Crippen LogP contribution in [0.25, 0.3) is 0 Å². The summed E-state index contributed by atoms with van der Waals surface area (Å²) in [7, 11) is -3.19. The first-order valence-electron chi connectivity index (χ1n) is 7.61. The zero-order chi connectivity index (χ0) is 17.9. The maximum atomic E-state index is 12.3. The molecule has 2 heterocycles. The number of hydrogen-bond donors (Lipinski definition) is 0. The van der Waals surface area contributed by atoms with Gasteiger partial charge in [0.1, 0.15) is 0 Å². The summed E-state index contributed by atoms with van der Waals surface area (Å²) in [5.74, 6) is -1.31. The molecule has 0 saturated heterocycles. The molecule has 1 unspecified atom stereocenters. The minimum atomic E-state index is -3.19. The number of ether oxygens (including phenoxy) is 1. The summed E-state index contributed by atoms with van der Waals surface area (Å²) in [6, 6.07) is 1.77. The van der Waals surface area contributed by atoms with E-state index in [0.717, 1.165) is 16.8 Å². The third-order valence-corrected chi connectivity index (χ3v) is 5.45. The largest absolute Gasteiger partial charge is 0.457 e. The van der Waals surface area contributed by atoms with Gasteiger partial charge >= 0.3 is 5.97 Å². The number of carbonyl (C=O) groups excluding carboxylic acids is 2. The highest BCUT2D eigenvalue weighted by atomic mass is 32.2. The zero-order valence-electron chi connectivity index (χ0n) is 13.8. The summed E-state index contributed by atoms with van der Waals surface area (Å²) in [5.41, 5.74) is 2.26. The van der Waals surface area contributed by atoms with Gasteiger partial charge in [-0.2, -0.15) is 0 Å². The van der Waals surface area contributed by atoms with E-state index in [-0.39, 0.29) is 30.5 Å². The lowest BCUT2D eigenvalue weighted by atomic mass is 10.1. The third-order valence-electron chi connectivity index (χ3n) is 3.98. The molecule has 0 N–H and O–H groups in total. The van der Waals surface area contributed by atoms with Crippen LogP contribution in [0.2, 0.25) is 0 Å². The van der Waals surface area contributed by atoms with Crippen LogP contribution in [0.5, 0.6) is 0 Å². The Morgan fingerprint density at radius 2 is 2.12 bits per heavy atom. The van der Waals surface area contributed by atoms with Crippen molar-refractivity contribution in [1.29, 1.82) is 0 Å². The van der Waals surface area contributed by atoms with Crippen LogP contribution in [-0.4, -0.2) is 37.1 Å². The topological polar surface area (TPSA) is 82.4 Å². The monoisotopic (exact) mass is 351 g/mol. The predicted molar refractivity (Wildman–Crippen MR) is 90.4 cm³/mol. The van der Waals surface area contributed by atoms with Gasteiger partial charge in [-0.1, -0.05) is 12.2 Å². The van der Waals surface area contributed by atoms with E-state index in [1.165, 1.54) is 6.08 Å². The van der Waals surface area contributed by atoms with Crippen molar-refractivity contribution < 1.29 is 22.7 Å². The lowest BCUT2D eigenvalue weighted by Gasteiger charge is -2.08. The van der Waals surface area contributed by atoms with Crippen LogP contribution in [0.3, 0.4) is 0 Å². The minimum absolute atomic E-state index is 0.0432. The van der Waals surface area contributed by atoms with Gasteiger partial charge in [-0.15, -0.1) is 6.58 Å². The molecule has 7 heteroatoms. The first-order chi connectivity index (χ1) is 11.2. The van der Waals surface area contributed by atoms with E-state index in [4.69, 9.17) is 4.74 Å². The standard InChI is InChI=1S/C17H21NO5S/c1-4-6-18-12(2)8-15(13(18)3)16(19)10-23-17(20)9-14-5-7-24(21,22)11-14/h4-5,7-8,14H,1,6,9-11H2,2-3H3. The van der Waals surface area contributed by atoms with Crippen LogP contribution in [0.4, 0.5) is 0 Å². The van der Waals surface area contributed by atoms with Crippen molar-refractivity contribution in [1.82, 2.24) is 4.57 Å². The summed E-state index contributed by atoms with van der Waals surface area (Å²) in [5, 5.41) is 1.12. The number of nitrogens with zero attached hydrogens (tertiary/aromatic N) is 1. The maximum absolute atomic E-state index is 12.3. The molecule has 0 aliphatic carbocycles. The molecule has 1 aliphatic rings. The van der Waals surface area contributed by atoms with E-state index in [1.54, 1.807) is 12.1 Å². The van der Waals surface area contributed by atoms with Crippen LogP contribution in [0, 0.1) is 19.8 Å². The minimum Gasteiger partial charge on any atom is -0.457 e. The normalized spacial score (nSPS) is 18.5. The number of allylic oxidation sites excluding steroid dienone is 2. The van der Waals surface area contributed by atoms with Gasteiger partial charge in [0.25, 0.3) is 0 Å². The van der Waals surface area contributed by atoms with E-state index in [9.17, 15) is 18.0 Å². The summed E-state index contributed by atoms with van der Waals surface area (Å²) in [6.07, 6.45) is 3.19. The number of sulfone groups is 1. The van der Waals surface area contributed by atoms with Crippen LogP contribution < -0.4 is 0 Å². The smallest absolute Gasteiger partial charge is 0.306 e. The molecule has 0 saturated carbocycles. The first kappa shape index (κ1) is 18.2. The highest BCUT2D eigenvalue weighted by Gasteiger charge is 2.25. The second kappa shape index (κ2) is 7.17. The second-order valence-corrected chi connectivity index (χ2v) is 7.82. The molecule has 1 aromatic rings. The Hall–Kier alpha value is -2.15. The molecule has 0 spiro atoms. The third kappa shape index (κ3) is 4.23. The Morgan fingerprint density at radius 3 is 2.71 bits per heavy atom. The molecule has 0 radical (unpaired) electrons. The summed E-state index contributed by atoms with van der Waals surface area (Å²) >= 11 is 0. The fraction of sp³-hybridized carbons (Fsp3) is 0.412. The molecule has 0 fully saturated rings. The lowest BCUT2D eigenvalue weighted by Crippen LogP contribution is -2.18. The molecule has 0 aromatic carbocycles. The summed E-state index contributed by atoms with van der Waals surface area (Å²) in [4.78, 5) is 24.0. The van der Waals surface area contributed by atoms with Gasteiger partial charge in [-0.25, -0.2) is 8.42 Å². The number of aromatic nitrogens is 1. The van der Waals surface area contributed by atoms with Crippen LogP contribution >= 0.6 is 0 Å². The average Bonchev–Trinajstić information content (AvgIpc) is 2.98. The van der Waals surface area contributed by atoms with Crippen molar-refractivity contribution in [2.75, 3.05) is 12.4 Å². The Bertz CT molecular complexity index is 801. The SMILES string of the molecule is C=CCn1c(C)cc(C(=O)COC(=O)CC2C=CS(=O)(=O)C2)c1C. The van der Waals surface area contributed by atoms with Gasteiger partial charge in [0.2, 0.25) is 5.78 Å². The predicted octanol–water partition coefficient (Wildman–Crippen LogP) is 1.97. The van der Waals surface area contributed by atoms with Crippen LogP contribution in [0.15, 0.2) is 30.2 Å². The number of esters is 1. The Kier molecular flexibility index (Phi) is 5.43. The molecular weight excluding hydrogens is 330 g/mol. The van der Waals surface area contributed by atoms with Crippen LogP contribution in [-0.2, 0) is 25.9 Å². The summed E-state index contributed by atoms with van der Waals surface area (Å²) in [6.45, 7) is 7.67. The van der Waals surface area contributed by atoms with E-state index in [0.29, 0.717) is 12.1 Å². The number of ketones is 1. The molecule has 0 bridgehead atoms. The fourth-order valence-electron chi connectivity index (χ4n) is 2.76. The number of hydrogen-bond acceptors (Lipinski definition) is 5. The highest BCUT2D eigenvalue weighted by molar-refractivity contribution is 7.94. The van der Waals surface area contributed by atoms with Crippen molar-refractivity contribution in [3.8, 4) is 0 Å². The van der Waals surface area contributed by atoms with Gasteiger partial charge in [-0.05, 0) is 19.9 Å². The lowest BCUT2D eigenvalue weighted by molar-refractivity contribution is -0.143. The number of carbonyl (C=O) groups is 2. The zero-order valence-corrected chi connectivity index (χ0v) is 14.6. The molecular formula is C17H21NO5S. The fourth-order valence-corrected chi connectivity index (χ4v) is 4.16. The van der Waals surface area contributed by atoms with E-state index in [2.05, 4.69) is 6.58 Å². The number of aryl methyl sites for hydroxylation is 1. The average molecular weight is 351 g/mol. The van der Waals surface area contributed by atoms with Crippen molar-refractivity contribution >= 4 is 21.6 Å². The molecule has 1 aliphatic heterocycles. The quantitative estimate of drug-likeness (QED) is 0.426. The van der Waals surface area contributed by atoms with Gasteiger partial charge in [-0.3, -0.25) is 9.59 Å². The molecule has 6 nitrogen and oxygen atoms in total. The van der Waals surface area contributed by atoms with E-state index in [1.807, 2.05) is 18.4 Å². The molecule has 1 atom stereocenters. The van der Waals surface area contributed by atoms with Crippen molar-refractivity contribution in [3.05, 3.63) is 47.2 Å². The highest BCUT2D eigenvalue weighted by Crippen LogP contribution is 2.19. The summed E-state index contributed by atoms with van der Waals surface area (Å²) < 4.78 is 29.6. The van der Waals surface area contributed by atoms with Gasteiger partial charge in [0.15, 0.2) is 16.4 Å². The van der Waals surface area contributed by atoms with Gasteiger partial charge in [0.05, 0.1) is 12.2 Å². The van der Waals surface area contributed by atoms with Crippen LogP contribution in [0.1, 0.15) is 28.2 Å². The van der Waals surface area contributed by atoms with Crippen molar-refractivity contribution in [3.63, 3.8) is 0 Å².